The lowest BCUT2D eigenvalue weighted by molar-refractivity contribution is 0.0896. The second-order valence-electron chi connectivity index (χ2n) is 3.30. The molecule has 0 aromatic rings. The number of fused-ring (bicyclic) bond motifs is 3. The van der Waals surface area contributed by atoms with Crippen molar-refractivity contribution >= 4 is 34.0 Å². The first-order chi connectivity index (χ1) is 4.36. The Morgan fingerprint density at radius 1 is 1.09 bits per heavy atom. The van der Waals surface area contributed by atoms with E-state index in [9.17, 15) is 0 Å². The third kappa shape index (κ3) is 2.41. The summed E-state index contributed by atoms with van der Waals surface area (Å²) in [5.74, 6) is 0.856. The maximum Gasteiger partial charge on any atom is 0.0197 e. The number of hydrogen-bond donors (Lipinski definition) is 1. The van der Waals surface area contributed by atoms with Crippen molar-refractivity contribution < 1.29 is 0 Å². The Morgan fingerprint density at radius 2 is 1.64 bits per heavy atom. The van der Waals surface area contributed by atoms with Crippen LogP contribution in [-0.4, -0.2) is 30.6 Å². The van der Waals surface area contributed by atoms with Crippen LogP contribution in [-0.2, 0) is 0 Å². The highest BCUT2D eigenvalue weighted by Crippen LogP contribution is 2.25. The van der Waals surface area contributed by atoms with Crippen LogP contribution >= 0.6 is 34.0 Å². The number of hydrogen-bond acceptors (Lipinski definition) is 2. The summed E-state index contributed by atoms with van der Waals surface area (Å²) in [6.07, 6.45) is 2.70. The molecule has 1 atom stereocenters. The lowest BCUT2D eigenvalue weighted by Crippen LogP contribution is -2.54. The van der Waals surface area contributed by atoms with Gasteiger partial charge in [-0.05, 0) is 31.8 Å². The fraction of sp³-hybridized carbons (Fsp3) is 1.00. The van der Waals surface area contributed by atoms with Crippen molar-refractivity contribution in [3.8, 4) is 0 Å². The lowest BCUT2D eigenvalue weighted by Gasteiger charge is -2.43. The number of nitrogens with zero attached hydrogens (tertiary/aromatic N) is 1. The molecule has 0 aliphatic carbocycles. The van der Waals surface area contributed by atoms with E-state index < -0.39 is 0 Å². The highest BCUT2D eigenvalue weighted by atomic mass is 79.9. The Balaban J connectivity index is 0.000000500. The van der Waals surface area contributed by atoms with Crippen LogP contribution in [0, 0.1) is 5.92 Å². The van der Waals surface area contributed by atoms with Crippen molar-refractivity contribution in [2.75, 3.05) is 19.6 Å². The summed E-state index contributed by atoms with van der Waals surface area (Å²) in [7, 11) is 0. The van der Waals surface area contributed by atoms with E-state index in [0.29, 0.717) is 6.04 Å². The quantitative estimate of drug-likeness (QED) is 0.725. The molecule has 3 aliphatic heterocycles. The SMILES string of the molecule is Br.Br.NC1CN2CCC1CC2. The second-order valence-corrected chi connectivity index (χ2v) is 3.30. The van der Waals surface area contributed by atoms with Crippen LogP contribution in [0.15, 0.2) is 0 Å². The van der Waals surface area contributed by atoms with Gasteiger partial charge >= 0.3 is 0 Å². The van der Waals surface area contributed by atoms with Crippen LogP contribution in [0.3, 0.4) is 0 Å². The summed E-state index contributed by atoms with van der Waals surface area (Å²) in [6.45, 7) is 3.77. The van der Waals surface area contributed by atoms with E-state index in [1.54, 1.807) is 0 Å². The van der Waals surface area contributed by atoms with E-state index in [-0.39, 0.29) is 34.0 Å². The van der Waals surface area contributed by atoms with Crippen LogP contribution in [0.25, 0.3) is 0 Å². The summed E-state index contributed by atoms with van der Waals surface area (Å²) >= 11 is 0. The predicted molar refractivity (Wildman–Crippen MR) is 57.8 cm³/mol. The van der Waals surface area contributed by atoms with Gasteiger partial charge in [0.15, 0.2) is 0 Å². The fourth-order valence-electron chi connectivity index (χ4n) is 2.01. The molecule has 4 heteroatoms. The topological polar surface area (TPSA) is 29.3 Å². The van der Waals surface area contributed by atoms with Crippen molar-refractivity contribution in [1.29, 1.82) is 0 Å². The highest BCUT2D eigenvalue weighted by Gasteiger charge is 2.31. The number of nitrogens with two attached hydrogens (primary N) is 1. The molecule has 0 amide bonds. The second kappa shape index (κ2) is 4.80. The highest BCUT2D eigenvalue weighted by molar-refractivity contribution is 8.93. The molecule has 2 N–H and O–H groups in total. The summed E-state index contributed by atoms with van der Waals surface area (Å²) in [5.41, 5.74) is 5.88. The van der Waals surface area contributed by atoms with E-state index in [0.717, 1.165) is 12.5 Å². The Kier molecular flexibility index (Phi) is 5.18. The zero-order valence-electron chi connectivity index (χ0n) is 6.53. The van der Waals surface area contributed by atoms with E-state index >= 15 is 0 Å². The van der Waals surface area contributed by atoms with Gasteiger partial charge in [-0.1, -0.05) is 0 Å². The Hall–Kier alpha value is 0.880. The molecule has 0 aromatic carbocycles. The van der Waals surface area contributed by atoms with Crippen LogP contribution in [0.4, 0.5) is 0 Å². The summed E-state index contributed by atoms with van der Waals surface area (Å²) in [5, 5.41) is 0. The molecule has 0 aromatic heterocycles. The minimum Gasteiger partial charge on any atom is -0.326 e. The van der Waals surface area contributed by atoms with Crippen LogP contribution < -0.4 is 5.73 Å². The lowest BCUT2D eigenvalue weighted by atomic mass is 9.85. The molecule has 0 spiro atoms. The van der Waals surface area contributed by atoms with Gasteiger partial charge in [-0.2, -0.15) is 0 Å². The van der Waals surface area contributed by atoms with Crippen molar-refractivity contribution in [2.24, 2.45) is 11.7 Å². The third-order valence-corrected chi connectivity index (χ3v) is 2.71. The van der Waals surface area contributed by atoms with Gasteiger partial charge in [0.2, 0.25) is 0 Å². The first kappa shape index (κ1) is 11.9. The Bertz CT molecular complexity index is 113. The zero-order valence-corrected chi connectivity index (χ0v) is 9.96. The van der Waals surface area contributed by atoms with Gasteiger partial charge in [0.05, 0.1) is 0 Å². The molecule has 3 saturated heterocycles. The van der Waals surface area contributed by atoms with E-state index in [2.05, 4.69) is 4.90 Å². The van der Waals surface area contributed by atoms with Gasteiger partial charge in [-0.25, -0.2) is 0 Å². The fourth-order valence-corrected chi connectivity index (χ4v) is 2.01. The first-order valence-corrected chi connectivity index (χ1v) is 3.84. The average Bonchev–Trinajstić information content (AvgIpc) is 1.90. The number of piperidine rings is 3. The van der Waals surface area contributed by atoms with E-state index in [1.807, 2.05) is 0 Å². The molecule has 11 heavy (non-hydrogen) atoms. The van der Waals surface area contributed by atoms with E-state index in [1.165, 1.54) is 25.9 Å². The molecule has 68 valence electrons. The standard InChI is InChI=1S/C7H14N2.2BrH/c8-7-5-9-3-1-6(7)2-4-9;;/h6-7H,1-5,8H2;2*1H. The van der Waals surface area contributed by atoms with E-state index in [4.69, 9.17) is 5.73 Å². The van der Waals surface area contributed by atoms with Gasteiger partial charge in [-0.3, -0.25) is 0 Å². The third-order valence-electron chi connectivity index (χ3n) is 2.71. The first-order valence-electron chi connectivity index (χ1n) is 3.84. The van der Waals surface area contributed by atoms with Crippen molar-refractivity contribution in [3.63, 3.8) is 0 Å². The molecular formula is C7H16Br2N2. The number of halogens is 2. The minimum absolute atomic E-state index is 0. The molecule has 2 nitrogen and oxygen atoms in total. The molecule has 0 saturated carbocycles. The normalized spacial score (nSPS) is 40.6. The molecule has 3 fully saturated rings. The van der Waals surface area contributed by atoms with Crippen molar-refractivity contribution in [3.05, 3.63) is 0 Å². The number of rotatable bonds is 0. The summed E-state index contributed by atoms with van der Waals surface area (Å²) < 4.78 is 0. The monoisotopic (exact) mass is 286 g/mol. The van der Waals surface area contributed by atoms with Gasteiger partial charge in [0.1, 0.15) is 0 Å². The zero-order chi connectivity index (χ0) is 6.27. The Morgan fingerprint density at radius 3 is 1.82 bits per heavy atom. The molecule has 1 unspecified atom stereocenters. The largest absolute Gasteiger partial charge is 0.326 e. The smallest absolute Gasteiger partial charge is 0.0197 e. The molecule has 3 aliphatic rings. The molecule has 3 rings (SSSR count). The van der Waals surface area contributed by atoms with Crippen LogP contribution in [0.1, 0.15) is 12.8 Å². The van der Waals surface area contributed by atoms with Crippen LogP contribution in [0.2, 0.25) is 0 Å². The molecule has 2 bridgehead atoms. The van der Waals surface area contributed by atoms with Gasteiger partial charge < -0.3 is 10.6 Å². The minimum atomic E-state index is 0. The van der Waals surface area contributed by atoms with Crippen LogP contribution in [0.5, 0.6) is 0 Å². The Labute approximate surface area is 89.0 Å². The predicted octanol–water partition coefficient (Wildman–Crippen LogP) is 1.20. The molecule has 0 radical (unpaired) electrons. The van der Waals surface area contributed by atoms with Crippen molar-refractivity contribution in [2.45, 2.75) is 18.9 Å². The molecular weight excluding hydrogens is 272 g/mol. The maximum absolute atomic E-state index is 5.88. The summed E-state index contributed by atoms with van der Waals surface area (Å²) in [4.78, 5) is 2.48. The van der Waals surface area contributed by atoms with Gasteiger partial charge in [-0.15, -0.1) is 34.0 Å². The van der Waals surface area contributed by atoms with Gasteiger partial charge in [0.25, 0.3) is 0 Å². The maximum atomic E-state index is 5.88. The van der Waals surface area contributed by atoms with Gasteiger partial charge in [0, 0.05) is 12.6 Å². The summed E-state index contributed by atoms with van der Waals surface area (Å²) in [6, 6.07) is 0.493. The average molecular weight is 288 g/mol. The molecule has 3 heterocycles. The van der Waals surface area contributed by atoms with Crippen molar-refractivity contribution in [1.82, 2.24) is 4.90 Å².